The normalized spacial score (nSPS) is 18.1. The molecule has 1 atom stereocenters. The molecule has 5 heteroatoms. The zero-order valence-corrected chi connectivity index (χ0v) is 11.9. The molecule has 106 valence electrons. The molecule has 0 radical (unpaired) electrons. The summed E-state index contributed by atoms with van der Waals surface area (Å²) in [6.07, 6.45) is 5.06. The summed E-state index contributed by atoms with van der Waals surface area (Å²) in [5, 5.41) is 4.85. The Morgan fingerprint density at radius 1 is 1.45 bits per heavy atom. The van der Waals surface area contributed by atoms with Gasteiger partial charge in [-0.15, -0.1) is 0 Å². The Bertz CT molecular complexity index is 603. The second-order valence-corrected chi connectivity index (χ2v) is 5.64. The van der Waals surface area contributed by atoms with Gasteiger partial charge in [-0.2, -0.15) is 5.10 Å². The number of hydrogen-bond acceptors (Lipinski definition) is 2. The van der Waals surface area contributed by atoms with Crippen LogP contribution in [0.3, 0.4) is 0 Å². The van der Waals surface area contributed by atoms with Gasteiger partial charge in [-0.25, -0.2) is 4.39 Å². The smallest absolute Gasteiger partial charge is 0.129 e. The molecule has 0 saturated carbocycles. The van der Waals surface area contributed by atoms with Crippen LogP contribution in [0.25, 0.3) is 0 Å². The summed E-state index contributed by atoms with van der Waals surface area (Å²) in [7, 11) is 0. The average molecular weight is 294 g/mol. The van der Waals surface area contributed by atoms with Crippen molar-refractivity contribution in [3.05, 3.63) is 52.1 Å². The first-order valence-electron chi connectivity index (χ1n) is 6.88. The number of hydrogen-bond donors (Lipinski definition) is 1. The van der Waals surface area contributed by atoms with Gasteiger partial charge in [0.05, 0.1) is 12.7 Å². The topological polar surface area (TPSA) is 43.8 Å². The Kier molecular flexibility index (Phi) is 3.76. The van der Waals surface area contributed by atoms with Crippen molar-refractivity contribution in [3.8, 4) is 0 Å². The molecule has 3 rings (SSSR count). The number of benzene rings is 1. The molecule has 0 bridgehead atoms. The molecule has 0 fully saturated rings. The highest BCUT2D eigenvalue weighted by Gasteiger charge is 2.23. The van der Waals surface area contributed by atoms with Crippen molar-refractivity contribution < 1.29 is 4.39 Å². The van der Waals surface area contributed by atoms with Crippen molar-refractivity contribution in [2.45, 2.75) is 31.7 Å². The molecule has 1 heterocycles. The third kappa shape index (κ3) is 2.34. The molecule has 20 heavy (non-hydrogen) atoms. The second-order valence-electron chi connectivity index (χ2n) is 5.23. The van der Waals surface area contributed by atoms with Crippen molar-refractivity contribution in [2.24, 2.45) is 5.73 Å². The Hall–Kier alpha value is -1.39. The summed E-state index contributed by atoms with van der Waals surface area (Å²) >= 11 is 6.08. The molecule has 0 saturated heterocycles. The summed E-state index contributed by atoms with van der Waals surface area (Å²) in [6.45, 7) is 1.01. The monoisotopic (exact) mass is 293 g/mol. The van der Waals surface area contributed by atoms with E-state index < -0.39 is 0 Å². The van der Waals surface area contributed by atoms with Gasteiger partial charge in [-0.05, 0) is 49.4 Å². The van der Waals surface area contributed by atoms with E-state index in [1.165, 1.54) is 17.3 Å². The average Bonchev–Trinajstić information content (AvgIpc) is 2.86. The number of fused-ring (bicyclic) bond motifs is 1. The van der Waals surface area contributed by atoms with Gasteiger partial charge in [0.2, 0.25) is 0 Å². The minimum Gasteiger partial charge on any atom is -0.330 e. The van der Waals surface area contributed by atoms with Gasteiger partial charge in [0.15, 0.2) is 0 Å². The Morgan fingerprint density at radius 3 is 3.05 bits per heavy atom. The molecule has 1 unspecified atom stereocenters. The number of nitrogens with zero attached hydrogens (tertiary/aromatic N) is 2. The zero-order valence-electron chi connectivity index (χ0n) is 11.1. The molecule has 2 N–H and O–H groups in total. The predicted molar refractivity (Wildman–Crippen MR) is 77.5 cm³/mol. The first-order valence-corrected chi connectivity index (χ1v) is 7.26. The number of rotatable bonds is 3. The van der Waals surface area contributed by atoms with Crippen molar-refractivity contribution in [2.75, 3.05) is 6.54 Å². The van der Waals surface area contributed by atoms with Crippen molar-refractivity contribution in [1.82, 2.24) is 9.78 Å². The van der Waals surface area contributed by atoms with Crippen LogP contribution in [0.15, 0.2) is 24.4 Å². The first kappa shape index (κ1) is 13.6. The number of nitrogens with two attached hydrogens (primary N) is 1. The molecule has 1 aromatic carbocycles. The van der Waals surface area contributed by atoms with Crippen LogP contribution in [0, 0.1) is 5.82 Å². The molecule has 0 aliphatic heterocycles. The second kappa shape index (κ2) is 5.54. The molecule has 0 spiro atoms. The lowest BCUT2D eigenvalue weighted by Gasteiger charge is -2.21. The van der Waals surface area contributed by atoms with Gasteiger partial charge in [-0.1, -0.05) is 17.7 Å². The summed E-state index contributed by atoms with van der Waals surface area (Å²) < 4.78 is 15.7. The summed E-state index contributed by atoms with van der Waals surface area (Å²) in [5.41, 5.74) is 8.69. The van der Waals surface area contributed by atoms with Gasteiger partial charge in [-0.3, -0.25) is 4.68 Å². The van der Waals surface area contributed by atoms with Crippen LogP contribution in [0.5, 0.6) is 0 Å². The Labute approximate surface area is 122 Å². The van der Waals surface area contributed by atoms with Crippen LogP contribution in [0.4, 0.5) is 4.39 Å². The van der Waals surface area contributed by atoms with Gasteiger partial charge < -0.3 is 5.73 Å². The van der Waals surface area contributed by atoms with E-state index in [-0.39, 0.29) is 5.82 Å². The summed E-state index contributed by atoms with van der Waals surface area (Å²) in [6, 6.07) is 4.75. The van der Waals surface area contributed by atoms with E-state index in [1.807, 2.05) is 10.9 Å². The maximum absolute atomic E-state index is 13.9. The predicted octanol–water partition coefficient (Wildman–Crippen LogP) is 3.10. The molecule has 3 nitrogen and oxygen atoms in total. The fraction of sp³-hybridized carbons (Fsp3) is 0.400. The SMILES string of the molecule is NCC1CCCc2c1cnn2Cc1c(F)cccc1Cl. The maximum atomic E-state index is 13.9. The van der Waals surface area contributed by atoms with Crippen LogP contribution in [0.2, 0.25) is 5.02 Å². The van der Waals surface area contributed by atoms with E-state index in [1.54, 1.807) is 12.1 Å². The highest BCUT2D eigenvalue weighted by atomic mass is 35.5. The highest BCUT2D eigenvalue weighted by molar-refractivity contribution is 6.31. The van der Waals surface area contributed by atoms with E-state index in [2.05, 4.69) is 5.10 Å². The minimum absolute atomic E-state index is 0.284. The molecule has 1 aliphatic rings. The third-order valence-electron chi connectivity index (χ3n) is 4.04. The van der Waals surface area contributed by atoms with Crippen molar-refractivity contribution >= 4 is 11.6 Å². The molecule has 2 aromatic rings. The van der Waals surface area contributed by atoms with Crippen molar-refractivity contribution in [3.63, 3.8) is 0 Å². The van der Waals surface area contributed by atoms with Gasteiger partial charge in [0.25, 0.3) is 0 Å². The third-order valence-corrected chi connectivity index (χ3v) is 4.40. The molecular formula is C15H17ClFN3. The number of aromatic nitrogens is 2. The van der Waals surface area contributed by atoms with Gasteiger partial charge in [0.1, 0.15) is 5.82 Å². The lowest BCUT2D eigenvalue weighted by molar-refractivity contribution is 0.524. The standard InChI is InChI=1S/C15H17ClFN3/c16-13-4-2-5-14(17)12(13)9-20-15-6-1-3-10(7-18)11(15)8-19-20/h2,4-5,8,10H,1,3,6-7,9,18H2. The van der Waals surface area contributed by atoms with E-state index in [0.29, 0.717) is 29.6 Å². The highest BCUT2D eigenvalue weighted by Crippen LogP contribution is 2.31. The molecule has 1 aromatic heterocycles. The van der Waals surface area contributed by atoms with Crippen LogP contribution in [-0.2, 0) is 13.0 Å². The largest absolute Gasteiger partial charge is 0.330 e. The fourth-order valence-corrected chi connectivity index (χ4v) is 3.15. The van der Waals surface area contributed by atoms with Crippen LogP contribution < -0.4 is 5.73 Å². The van der Waals surface area contributed by atoms with E-state index in [4.69, 9.17) is 17.3 Å². The maximum Gasteiger partial charge on any atom is 0.129 e. The lowest BCUT2D eigenvalue weighted by atomic mass is 9.87. The van der Waals surface area contributed by atoms with E-state index >= 15 is 0 Å². The van der Waals surface area contributed by atoms with Crippen LogP contribution in [0.1, 0.15) is 35.6 Å². The zero-order chi connectivity index (χ0) is 14.1. The quantitative estimate of drug-likeness (QED) is 0.945. The van der Waals surface area contributed by atoms with Gasteiger partial charge in [0, 0.05) is 16.3 Å². The van der Waals surface area contributed by atoms with Crippen LogP contribution in [-0.4, -0.2) is 16.3 Å². The lowest BCUT2D eigenvalue weighted by Crippen LogP contribution is -2.19. The van der Waals surface area contributed by atoms with Crippen molar-refractivity contribution in [1.29, 1.82) is 0 Å². The first-order chi connectivity index (χ1) is 9.70. The van der Waals surface area contributed by atoms with Gasteiger partial charge >= 0.3 is 0 Å². The Morgan fingerprint density at radius 2 is 2.30 bits per heavy atom. The summed E-state index contributed by atoms with van der Waals surface area (Å²) in [5.74, 6) is 0.0940. The fourth-order valence-electron chi connectivity index (χ4n) is 2.93. The summed E-state index contributed by atoms with van der Waals surface area (Å²) in [4.78, 5) is 0. The number of halogens is 2. The minimum atomic E-state index is -0.284. The molecule has 0 amide bonds. The molecular weight excluding hydrogens is 277 g/mol. The van der Waals surface area contributed by atoms with E-state index in [9.17, 15) is 4.39 Å². The Balaban J connectivity index is 1.95. The van der Waals surface area contributed by atoms with Crippen LogP contribution >= 0.6 is 11.6 Å². The van der Waals surface area contributed by atoms with E-state index in [0.717, 1.165) is 19.3 Å². The molecule has 1 aliphatic carbocycles.